The molecule has 2 heteroatoms. The van der Waals surface area contributed by atoms with E-state index >= 15 is 0 Å². The van der Waals surface area contributed by atoms with Gasteiger partial charge in [-0.1, -0.05) is 37.0 Å². The van der Waals surface area contributed by atoms with Crippen LogP contribution in [-0.4, -0.2) is 8.07 Å². The van der Waals surface area contributed by atoms with Crippen molar-refractivity contribution in [3.05, 3.63) is 23.3 Å². The molecule has 0 aromatic heterocycles. The van der Waals surface area contributed by atoms with E-state index < -0.39 is 8.07 Å². The summed E-state index contributed by atoms with van der Waals surface area (Å²) in [5.41, 5.74) is 9.30. The molecule has 1 aromatic carbocycles. The van der Waals surface area contributed by atoms with Gasteiger partial charge in [0.2, 0.25) is 0 Å². The zero-order chi connectivity index (χ0) is 10.2. The molecule has 0 amide bonds. The molecule has 0 aliphatic carbocycles. The van der Waals surface area contributed by atoms with E-state index in [0.717, 1.165) is 5.69 Å². The number of benzene rings is 1. The highest BCUT2D eigenvalue weighted by atomic mass is 28.3. The van der Waals surface area contributed by atoms with Crippen molar-refractivity contribution in [3.8, 4) is 0 Å². The van der Waals surface area contributed by atoms with Crippen molar-refractivity contribution in [2.45, 2.75) is 33.5 Å². The topological polar surface area (TPSA) is 26.0 Å². The van der Waals surface area contributed by atoms with Crippen LogP contribution in [0, 0.1) is 13.8 Å². The van der Waals surface area contributed by atoms with Gasteiger partial charge in [0.15, 0.2) is 0 Å². The summed E-state index contributed by atoms with van der Waals surface area (Å²) in [6, 6.07) is 4.49. The second kappa shape index (κ2) is 3.18. The molecule has 0 atom stereocenters. The number of anilines is 1. The Morgan fingerprint density at radius 2 is 1.38 bits per heavy atom. The molecular formula is C11H19NSi. The van der Waals surface area contributed by atoms with Crippen LogP contribution in [0.4, 0.5) is 5.69 Å². The Balaban J connectivity index is 3.29. The smallest absolute Gasteiger partial charge is 0.0776 e. The number of hydrogen-bond donors (Lipinski definition) is 1. The van der Waals surface area contributed by atoms with Crippen LogP contribution < -0.4 is 10.9 Å². The van der Waals surface area contributed by atoms with E-state index in [0.29, 0.717) is 0 Å². The largest absolute Gasteiger partial charge is 0.398 e. The van der Waals surface area contributed by atoms with Crippen LogP contribution >= 0.6 is 0 Å². The summed E-state index contributed by atoms with van der Waals surface area (Å²) in [7, 11) is -1.17. The quantitative estimate of drug-likeness (QED) is 0.538. The highest BCUT2D eigenvalue weighted by molar-refractivity contribution is 6.88. The average Bonchev–Trinajstić information content (AvgIpc) is 1.97. The second-order valence-electron chi connectivity index (χ2n) is 4.77. The van der Waals surface area contributed by atoms with Gasteiger partial charge >= 0.3 is 0 Å². The molecule has 72 valence electrons. The summed E-state index contributed by atoms with van der Waals surface area (Å²) in [4.78, 5) is 0. The van der Waals surface area contributed by atoms with Gasteiger partial charge in [-0.2, -0.15) is 0 Å². The van der Waals surface area contributed by atoms with Crippen molar-refractivity contribution in [1.29, 1.82) is 0 Å². The lowest BCUT2D eigenvalue weighted by Crippen LogP contribution is -2.38. The molecule has 0 unspecified atom stereocenters. The lowest BCUT2D eigenvalue weighted by atomic mass is 10.1. The molecule has 2 N–H and O–H groups in total. The molecule has 1 nitrogen and oxygen atoms in total. The van der Waals surface area contributed by atoms with Gasteiger partial charge in [-0.25, -0.2) is 0 Å². The predicted octanol–water partition coefficient (Wildman–Crippen LogP) is 2.43. The first-order valence-electron chi connectivity index (χ1n) is 4.69. The average molecular weight is 193 g/mol. The summed E-state index contributed by atoms with van der Waals surface area (Å²) >= 11 is 0. The van der Waals surface area contributed by atoms with Gasteiger partial charge in [0.25, 0.3) is 0 Å². The number of nitrogens with two attached hydrogens (primary N) is 1. The van der Waals surface area contributed by atoms with Gasteiger partial charge in [-0.15, -0.1) is 0 Å². The molecule has 0 aliphatic heterocycles. The first-order valence-corrected chi connectivity index (χ1v) is 8.19. The van der Waals surface area contributed by atoms with Gasteiger partial charge in [-0.05, 0) is 25.0 Å². The Morgan fingerprint density at radius 3 is 1.69 bits per heavy atom. The molecule has 0 radical (unpaired) electrons. The van der Waals surface area contributed by atoms with E-state index in [9.17, 15) is 0 Å². The fourth-order valence-electron chi connectivity index (χ4n) is 1.41. The van der Waals surface area contributed by atoms with Crippen LogP contribution in [0.3, 0.4) is 0 Å². The molecule has 0 saturated heterocycles. The molecule has 0 heterocycles. The number of rotatable bonds is 1. The number of nitrogen functional groups attached to an aromatic ring is 1. The molecule has 0 aliphatic rings. The van der Waals surface area contributed by atoms with Crippen molar-refractivity contribution in [1.82, 2.24) is 0 Å². The summed E-state index contributed by atoms with van der Waals surface area (Å²) in [5, 5.41) is 1.50. The highest BCUT2D eigenvalue weighted by Crippen LogP contribution is 2.16. The molecule has 0 saturated carbocycles. The Hall–Kier alpha value is -0.763. The first kappa shape index (κ1) is 10.3. The zero-order valence-corrected chi connectivity index (χ0v) is 10.2. The molecule has 0 bridgehead atoms. The van der Waals surface area contributed by atoms with E-state index in [1.165, 1.54) is 16.3 Å². The fourth-order valence-corrected chi connectivity index (χ4v) is 2.71. The predicted molar refractivity (Wildman–Crippen MR) is 63.3 cm³/mol. The van der Waals surface area contributed by atoms with Crippen molar-refractivity contribution in [2.24, 2.45) is 0 Å². The van der Waals surface area contributed by atoms with E-state index in [1.54, 1.807) is 0 Å². The van der Waals surface area contributed by atoms with Gasteiger partial charge in [-0.3, -0.25) is 0 Å². The van der Waals surface area contributed by atoms with E-state index in [-0.39, 0.29) is 0 Å². The minimum Gasteiger partial charge on any atom is -0.398 e. The molecule has 0 spiro atoms. The molecule has 0 fully saturated rings. The Morgan fingerprint density at radius 1 is 1.00 bits per heavy atom. The minimum absolute atomic E-state index is 0.946. The van der Waals surface area contributed by atoms with Crippen LogP contribution in [0.1, 0.15) is 11.1 Å². The van der Waals surface area contributed by atoms with E-state index in [1.807, 2.05) is 0 Å². The number of aryl methyl sites for hydroxylation is 2. The third-order valence-corrected chi connectivity index (χ3v) is 4.48. The SMILES string of the molecule is Cc1cc([Si](C)(C)C)cc(C)c1N. The van der Waals surface area contributed by atoms with Gasteiger partial charge in [0.05, 0.1) is 8.07 Å². The van der Waals surface area contributed by atoms with Crippen molar-refractivity contribution >= 4 is 18.9 Å². The lowest BCUT2D eigenvalue weighted by Gasteiger charge is -2.19. The summed E-state index contributed by atoms with van der Waals surface area (Å²) < 4.78 is 0. The molecule has 1 rings (SSSR count). The second-order valence-corrected chi connectivity index (χ2v) is 9.85. The highest BCUT2D eigenvalue weighted by Gasteiger charge is 2.17. The van der Waals surface area contributed by atoms with E-state index in [2.05, 4.69) is 45.6 Å². The normalized spacial score (nSPS) is 11.8. The first-order chi connectivity index (χ1) is 5.82. The molecular weight excluding hydrogens is 174 g/mol. The van der Waals surface area contributed by atoms with Crippen molar-refractivity contribution in [2.75, 3.05) is 5.73 Å². The van der Waals surface area contributed by atoms with Crippen LogP contribution in [0.5, 0.6) is 0 Å². The van der Waals surface area contributed by atoms with Crippen LogP contribution in [0.15, 0.2) is 12.1 Å². The summed E-state index contributed by atoms with van der Waals surface area (Å²) in [5.74, 6) is 0. The summed E-state index contributed by atoms with van der Waals surface area (Å²) in [6.07, 6.45) is 0. The molecule has 1 aromatic rings. The monoisotopic (exact) mass is 193 g/mol. The van der Waals surface area contributed by atoms with Crippen LogP contribution in [-0.2, 0) is 0 Å². The third kappa shape index (κ3) is 2.13. The number of hydrogen-bond acceptors (Lipinski definition) is 1. The van der Waals surface area contributed by atoms with Crippen LogP contribution in [0.2, 0.25) is 19.6 Å². The van der Waals surface area contributed by atoms with Gasteiger partial charge in [0.1, 0.15) is 0 Å². The van der Waals surface area contributed by atoms with E-state index in [4.69, 9.17) is 5.73 Å². The Labute approximate surface area is 82.0 Å². The van der Waals surface area contributed by atoms with Gasteiger partial charge < -0.3 is 5.73 Å². The van der Waals surface area contributed by atoms with Crippen molar-refractivity contribution in [3.63, 3.8) is 0 Å². The fraction of sp³-hybridized carbons (Fsp3) is 0.455. The maximum absolute atomic E-state index is 5.91. The zero-order valence-electron chi connectivity index (χ0n) is 9.23. The third-order valence-electron chi connectivity index (χ3n) is 2.46. The van der Waals surface area contributed by atoms with Gasteiger partial charge in [0, 0.05) is 5.69 Å². The molecule has 13 heavy (non-hydrogen) atoms. The van der Waals surface area contributed by atoms with Crippen molar-refractivity contribution < 1.29 is 0 Å². The lowest BCUT2D eigenvalue weighted by molar-refractivity contribution is 1.40. The summed E-state index contributed by atoms with van der Waals surface area (Å²) in [6.45, 7) is 11.3. The Kier molecular flexibility index (Phi) is 2.53. The maximum atomic E-state index is 5.91. The van der Waals surface area contributed by atoms with Crippen LogP contribution in [0.25, 0.3) is 0 Å². The maximum Gasteiger partial charge on any atom is 0.0776 e. The Bertz CT molecular complexity index is 300. The standard InChI is InChI=1S/C11H19NSi/c1-8-6-10(13(3,4)5)7-9(2)11(8)12/h6-7H,12H2,1-5H3. The minimum atomic E-state index is -1.17.